The number of carbonyl (C=O) groups is 3. The third kappa shape index (κ3) is 5.36. The van der Waals surface area contributed by atoms with Gasteiger partial charge in [0.15, 0.2) is 12.4 Å². The van der Waals surface area contributed by atoms with Gasteiger partial charge in [0.2, 0.25) is 5.78 Å². The van der Waals surface area contributed by atoms with Gasteiger partial charge in [-0.15, -0.1) is 0 Å². The van der Waals surface area contributed by atoms with Gasteiger partial charge in [-0.3, -0.25) is 14.4 Å². The standard InChI is InChI=1S/C23H26O4/c1-14-6-7-15(2)19(10-14)21(24)8-9-23(26)27-13-22(25)20-12-17(4)16(3)11-18(20)5/h6-7,10-12H,8-9,13H2,1-5H3. The van der Waals surface area contributed by atoms with Crippen LogP contribution in [0.15, 0.2) is 30.3 Å². The van der Waals surface area contributed by atoms with Gasteiger partial charge in [0, 0.05) is 17.5 Å². The van der Waals surface area contributed by atoms with Crippen molar-refractivity contribution in [2.24, 2.45) is 0 Å². The number of aryl methyl sites for hydroxylation is 5. The molecule has 2 aromatic rings. The quantitative estimate of drug-likeness (QED) is 0.530. The fraction of sp³-hybridized carbons (Fsp3) is 0.348. The van der Waals surface area contributed by atoms with Crippen molar-refractivity contribution in [2.45, 2.75) is 47.5 Å². The smallest absolute Gasteiger partial charge is 0.306 e. The fourth-order valence-corrected chi connectivity index (χ4v) is 2.94. The average molecular weight is 366 g/mol. The van der Waals surface area contributed by atoms with Crippen LogP contribution in [0.5, 0.6) is 0 Å². The Morgan fingerprint density at radius 1 is 0.704 bits per heavy atom. The molecule has 0 bridgehead atoms. The molecule has 0 aromatic heterocycles. The maximum Gasteiger partial charge on any atom is 0.306 e. The summed E-state index contributed by atoms with van der Waals surface area (Å²) in [6.45, 7) is 9.28. The van der Waals surface area contributed by atoms with Crippen molar-refractivity contribution >= 4 is 17.5 Å². The van der Waals surface area contributed by atoms with Crippen molar-refractivity contribution in [2.75, 3.05) is 6.61 Å². The van der Waals surface area contributed by atoms with Crippen LogP contribution >= 0.6 is 0 Å². The molecule has 0 heterocycles. The Morgan fingerprint density at radius 2 is 1.33 bits per heavy atom. The van der Waals surface area contributed by atoms with E-state index in [2.05, 4.69) is 0 Å². The van der Waals surface area contributed by atoms with Crippen LogP contribution in [0, 0.1) is 34.6 Å². The summed E-state index contributed by atoms with van der Waals surface area (Å²) in [5, 5.41) is 0. The number of hydrogen-bond donors (Lipinski definition) is 0. The van der Waals surface area contributed by atoms with Crippen molar-refractivity contribution < 1.29 is 19.1 Å². The largest absolute Gasteiger partial charge is 0.457 e. The molecule has 0 N–H and O–H groups in total. The van der Waals surface area contributed by atoms with Gasteiger partial charge in [-0.05, 0) is 69.0 Å². The molecule has 4 nitrogen and oxygen atoms in total. The Kier molecular flexibility index (Phi) is 6.67. The van der Waals surface area contributed by atoms with Gasteiger partial charge in [-0.2, -0.15) is 0 Å². The molecule has 142 valence electrons. The van der Waals surface area contributed by atoms with Crippen molar-refractivity contribution in [1.29, 1.82) is 0 Å². The van der Waals surface area contributed by atoms with E-state index in [1.54, 1.807) is 0 Å². The zero-order valence-electron chi connectivity index (χ0n) is 16.6. The first-order valence-electron chi connectivity index (χ1n) is 9.06. The SMILES string of the molecule is Cc1ccc(C)c(C(=O)CCC(=O)OCC(=O)c2cc(C)c(C)cc2C)c1. The van der Waals surface area contributed by atoms with Crippen LogP contribution in [0.4, 0.5) is 0 Å². The van der Waals surface area contributed by atoms with E-state index >= 15 is 0 Å². The minimum Gasteiger partial charge on any atom is -0.457 e. The first-order chi connectivity index (χ1) is 12.7. The van der Waals surface area contributed by atoms with E-state index in [4.69, 9.17) is 4.74 Å². The molecule has 0 amide bonds. The lowest BCUT2D eigenvalue weighted by Crippen LogP contribution is -2.16. The monoisotopic (exact) mass is 366 g/mol. The molecular formula is C23H26O4. The highest BCUT2D eigenvalue weighted by atomic mass is 16.5. The van der Waals surface area contributed by atoms with E-state index in [1.807, 2.05) is 65.0 Å². The Bertz CT molecular complexity index is 893. The van der Waals surface area contributed by atoms with Gasteiger partial charge in [0.05, 0.1) is 6.42 Å². The van der Waals surface area contributed by atoms with Crippen LogP contribution < -0.4 is 0 Å². The van der Waals surface area contributed by atoms with E-state index in [0.29, 0.717) is 11.1 Å². The summed E-state index contributed by atoms with van der Waals surface area (Å²) in [7, 11) is 0. The Labute approximate surface area is 160 Å². The third-order valence-electron chi connectivity index (χ3n) is 4.76. The molecule has 0 radical (unpaired) electrons. The second-order valence-corrected chi connectivity index (χ2v) is 7.08. The molecule has 27 heavy (non-hydrogen) atoms. The van der Waals surface area contributed by atoms with Crippen LogP contribution in [0.2, 0.25) is 0 Å². The van der Waals surface area contributed by atoms with Crippen molar-refractivity contribution in [3.05, 3.63) is 69.3 Å². The molecule has 0 unspecified atom stereocenters. The van der Waals surface area contributed by atoms with Gasteiger partial charge >= 0.3 is 5.97 Å². The number of ketones is 2. The van der Waals surface area contributed by atoms with E-state index in [9.17, 15) is 14.4 Å². The van der Waals surface area contributed by atoms with Gasteiger partial charge in [0.25, 0.3) is 0 Å². The van der Waals surface area contributed by atoms with Gasteiger partial charge < -0.3 is 4.74 Å². The summed E-state index contributed by atoms with van der Waals surface area (Å²) in [6, 6.07) is 9.44. The molecule has 0 saturated carbocycles. The number of esters is 1. The van der Waals surface area contributed by atoms with Crippen LogP contribution in [-0.4, -0.2) is 24.1 Å². The second kappa shape index (κ2) is 8.76. The average Bonchev–Trinajstić information content (AvgIpc) is 2.62. The van der Waals surface area contributed by atoms with Crippen molar-refractivity contribution in [1.82, 2.24) is 0 Å². The first-order valence-corrected chi connectivity index (χ1v) is 9.06. The van der Waals surface area contributed by atoms with E-state index in [0.717, 1.165) is 27.8 Å². The van der Waals surface area contributed by atoms with E-state index in [1.165, 1.54) is 0 Å². The molecular weight excluding hydrogens is 340 g/mol. The van der Waals surface area contributed by atoms with Crippen LogP contribution in [0.1, 0.15) is 61.4 Å². The topological polar surface area (TPSA) is 60.4 Å². The molecule has 0 spiro atoms. The number of ether oxygens (including phenoxy) is 1. The molecule has 0 saturated heterocycles. The first kappa shape index (κ1) is 20.6. The minimum absolute atomic E-state index is 0.0363. The van der Waals surface area contributed by atoms with Gasteiger partial charge in [-0.1, -0.05) is 23.8 Å². The number of Topliss-reactive ketones (excluding diaryl/α,β-unsaturated/α-hetero) is 2. The molecule has 0 aliphatic heterocycles. The van der Waals surface area contributed by atoms with E-state index in [-0.39, 0.29) is 31.0 Å². The highest BCUT2D eigenvalue weighted by Crippen LogP contribution is 2.17. The molecule has 2 aromatic carbocycles. The van der Waals surface area contributed by atoms with Crippen molar-refractivity contribution in [3.8, 4) is 0 Å². The predicted octanol–water partition coefficient (Wildman–Crippen LogP) is 4.62. The maximum absolute atomic E-state index is 12.3. The Hall–Kier alpha value is -2.75. The lowest BCUT2D eigenvalue weighted by molar-refractivity contribution is -0.142. The number of benzene rings is 2. The molecule has 4 heteroatoms. The summed E-state index contributed by atoms with van der Waals surface area (Å²) >= 11 is 0. The zero-order valence-corrected chi connectivity index (χ0v) is 16.6. The summed E-state index contributed by atoms with van der Waals surface area (Å²) < 4.78 is 5.08. The van der Waals surface area contributed by atoms with Gasteiger partial charge in [0.1, 0.15) is 0 Å². The molecule has 0 aliphatic carbocycles. The summed E-state index contributed by atoms with van der Waals surface area (Å²) in [6.07, 6.45) is 0.0331. The summed E-state index contributed by atoms with van der Waals surface area (Å²) in [5.41, 5.74) is 6.09. The van der Waals surface area contributed by atoms with Crippen molar-refractivity contribution in [3.63, 3.8) is 0 Å². The number of rotatable bonds is 7. The Morgan fingerprint density at radius 3 is 2.04 bits per heavy atom. The lowest BCUT2D eigenvalue weighted by atomic mass is 9.98. The maximum atomic E-state index is 12.3. The molecule has 0 aliphatic rings. The van der Waals surface area contributed by atoms with E-state index < -0.39 is 5.97 Å². The van der Waals surface area contributed by atoms with Crippen LogP contribution in [-0.2, 0) is 9.53 Å². The Balaban J connectivity index is 1.89. The fourth-order valence-electron chi connectivity index (χ4n) is 2.94. The molecule has 0 atom stereocenters. The number of hydrogen-bond acceptors (Lipinski definition) is 4. The zero-order chi connectivity index (χ0) is 20.1. The molecule has 2 rings (SSSR count). The predicted molar refractivity (Wildman–Crippen MR) is 105 cm³/mol. The van der Waals surface area contributed by atoms with Crippen LogP contribution in [0.25, 0.3) is 0 Å². The van der Waals surface area contributed by atoms with Gasteiger partial charge in [-0.25, -0.2) is 0 Å². The minimum atomic E-state index is -0.538. The second-order valence-electron chi connectivity index (χ2n) is 7.08. The highest BCUT2D eigenvalue weighted by Gasteiger charge is 2.16. The van der Waals surface area contributed by atoms with Crippen LogP contribution in [0.3, 0.4) is 0 Å². The summed E-state index contributed by atoms with van der Waals surface area (Å²) in [4.78, 5) is 36.6. The number of carbonyl (C=O) groups excluding carboxylic acids is 3. The highest BCUT2D eigenvalue weighted by molar-refractivity contribution is 6.00. The summed E-state index contributed by atoms with van der Waals surface area (Å²) in [5.74, 6) is -0.863. The molecule has 0 fully saturated rings. The third-order valence-corrected chi connectivity index (χ3v) is 4.76. The lowest BCUT2D eigenvalue weighted by Gasteiger charge is -2.10. The normalized spacial score (nSPS) is 10.6.